The lowest BCUT2D eigenvalue weighted by atomic mass is 9.95. The third-order valence-electron chi connectivity index (χ3n) is 5.33. The number of halogens is 5. The SMILES string of the molecule is Cc1ccc(C(C)C)c(OCC(=O)N2N=C(c3ccccc3)C[C@@]2(O)C(F)(F)C(F)(F)F)c1. The van der Waals surface area contributed by atoms with Crippen LogP contribution < -0.4 is 4.74 Å². The topological polar surface area (TPSA) is 62.1 Å². The van der Waals surface area contributed by atoms with Crippen molar-refractivity contribution in [2.45, 2.75) is 50.9 Å². The number of carbonyl (C=O) groups excluding carboxylic acids is 1. The second-order valence-corrected chi connectivity index (χ2v) is 8.17. The zero-order chi connectivity index (χ0) is 24.6. The van der Waals surface area contributed by atoms with E-state index in [9.17, 15) is 31.9 Å². The molecule has 0 saturated carbocycles. The van der Waals surface area contributed by atoms with E-state index < -0.39 is 36.8 Å². The minimum atomic E-state index is -6.12. The van der Waals surface area contributed by atoms with E-state index in [0.29, 0.717) is 0 Å². The summed E-state index contributed by atoms with van der Waals surface area (Å²) in [7, 11) is 0. The number of benzene rings is 2. The minimum absolute atomic E-state index is 0.00307. The van der Waals surface area contributed by atoms with Crippen LogP contribution in [0.5, 0.6) is 5.75 Å². The molecule has 178 valence electrons. The number of ether oxygens (including phenoxy) is 1. The van der Waals surface area contributed by atoms with Gasteiger partial charge in [-0.05, 0) is 35.6 Å². The Kier molecular flexibility index (Phi) is 6.52. The van der Waals surface area contributed by atoms with Crippen molar-refractivity contribution in [2.24, 2.45) is 5.10 Å². The number of carbonyl (C=O) groups is 1. The van der Waals surface area contributed by atoms with Crippen LogP contribution >= 0.6 is 0 Å². The van der Waals surface area contributed by atoms with E-state index in [0.717, 1.165) is 11.1 Å². The molecule has 1 atom stereocenters. The van der Waals surface area contributed by atoms with Gasteiger partial charge in [0, 0.05) is 6.42 Å². The Balaban J connectivity index is 1.95. The van der Waals surface area contributed by atoms with Gasteiger partial charge in [0.15, 0.2) is 6.61 Å². The third kappa shape index (κ3) is 4.57. The van der Waals surface area contributed by atoms with Crippen LogP contribution in [0.3, 0.4) is 0 Å². The monoisotopic (exact) mass is 470 g/mol. The van der Waals surface area contributed by atoms with Crippen molar-refractivity contribution >= 4 is 11.6 Å². The zero-order valence-electron chi connectivity index (χ0n) is 18.2. The first-order valence-corrected chi connectivity index (χ1v) is 10.1. The first kappa shape index (κ1) is 24.6. The van der Waals surface area contributed by atoms with Gasteiger partial charge in [0.2, 0.25) is 5.72 Å². The summed E-state index contributed by atoms with van der Waals surface area (Å²) in [4.78, 5) is 12.8. The summed E-state index contributed by atoms with van der Waals surface area (Å²) in [6.45, 7) is 4.63. The average Bonchev–Trinajstić information content (AvgIpc) is 3.11. The fourth-order valence-electron chi connectivity index (χ4n) is 3.51. The van der Waals surface area contributed by atoms with Crippen LogP contribution in [-0.4, -0.2) is 46.2 Å². The number of aryl methyl sites for hydroxylation is 1. The molecule has 3 rings (SSSR count). The molecule has 33 heavy (non-hydrogen) atoms. The highest BCUT2D eigenvalue weighted by atomic mass is 19.4. The molecule has 0 aliphatic carbocycles. The molecule has 0 radical (unpaired) electrons. The van der Waals surface area contributed by atoms with Crippen molar-refractivity contribution in [3.8, 4) is 5.75 Å². The van der Waals surface area contributed by atoms with E-state index in [2.05, 4.69) is 5.10 Å². The van der Waals surface area contributed by atoms with Gasteiger partial charge in [-0.15, -0.1) is 0 Å². The number of hydrogen-bond donors (Lipinski definition) is 1. The first-order valence-electron chi connectivity index (χ1n) is 10.1. The molecule has 0 bridgehead atoms. The van der Waals surface area contributed by atoms with Gasteiger partial charge in [0.05, 0.1) is 5.71 Å². The summed E-state index contributed by atoms with van der Waals surface area (Å²) in [6.07, 6.45) is -7.33. The Hall–Kier alpha value is -3.01. The van der Waals surface area contributed by atoms with Gasteiger partial charge < -0.3 is 9.84 Å². The van der Waals surface area contributed by atoms with Crippen LogP contribution in [0.1, 0.15) is 42.9 Å². The largest absolute Gasteiger partial charge is 0.483 e. The molecule has 0 spiro atoms. The molecule has 0 aromatic heterocycles. The number of nitrogens with zero attached hydrogens (tertiary/aromatic N) is 2. The molecule has 1 heterocycles. The number of alkyl halides is 5. The van der Waals surface area contributed by atoms with E-state index in [4.69, 9.17) is 4.74 Å². The van der Waals surface area contributed by atoms with Crippen molar-refractivity contribution < 1.29 is 36.6 Å². The van der Waals surface area contributed by atoms with Gasteiger partial charge in [0.1, 0.15) is 5.75 Å². The highest BCUT2D eigenvalue weighted by Gasteiger charge is 2.75. The summed E-state index contributed by atoms with van der Waals surface area (Å²) < 4.78 is 73.9. The fraction of sp³-hybridized carbons (Fsp3) is 0.391. The standard InChI is InChI=1S/C23H23F5N2O3/c1-14(2)17-10-9-15(3)11-19(17)33-13-20(31)30-21(32,22(24,25)23(26,27)28)12-18(29-30)16-7-5-4-6-8-16/h4-11,14,32H,12-13H2,1-3H3/t21-/m1/s1. The molecule has 1 aliphatic rings. The predicted octanol–water partition coefficient (Wildman–Crippen LogP) is 5.02. The Morgan fingerprint density at radius 3 is 2.36 bits per heavy atom. The molecule has 1 N–H and O–H groups in total. The maximum absolute atomic E-state index is 14.4. The Morgan fingerprint density at radius 1 is 1.15 bits per heavy atom. The molecule has 2 aromatic rings. The molecule has 1 aliphatic heterocycles. The highest BCUT2D eigenvalue weighted by Crippen LogP contribution is 2.49. The molecule has 0 fully saturated rings. The average molecular weight is 470 g/mol. The lowest BCUT2D eigenvalue weighted by Crippen LogP contribution is -2.65. The van der Waals surface area contributed by atoms with Crippen LogP contribution in [0.25, 0.3) is 0 Å². The van der Waals surface area contributed by atoms with Crippen LogP contribution in [0, 0.1) is 6.92 Å². The molecule has 10 heteroatoms. The summed E-state index contributed by atoms with van der Waals surface area (Å²) in [6, 6.07) is 12.7. The van der Waals surface area contributed by atoms with Gasteiger partial charge in [-0.3, -0.25) is 4.79 Å². The predicted molar refractivity (Wildman–Crippen MR) is 111 cm³/mol. The maximum atomic E-state index is 14.4. The van der Waals surface area contributed by atoms with E-state index in [1.807, 2.05) is 19.9 Å². The second kappa shape index (κ2) is 8.74. The van der Waals surface area contributed by atoms with Crippen molar-refractivity contribution in [3.05, 3.63) is 65.2 Å². The van der Waals surface area contributed by atoms with Gasteiger partial charge >= 0.3 is 12.1 Å². The summed E-state index contributed by atoms with van der Waals surface area (Å²) in [5, 5.41) is 14.0. The van der Waals surface area contributed by atoms with Crippen LogP contribution in [0.15, 0.2) is 53.6 Å². The summed E-state index contributed by atoms with van der Waals surface area (Å²) in [5.41, 5.74) is -2.50. The van der Waals surface area contributed by atoms with Crippen molar-refractivity contribution in [2.75, 3.05) is 6.61 Å². The summed E-state index contributed by atoms with van der Waals surface area (Å²) in [5.74, 6) is -6.71. The van der Waals surface area contributed by atoms with Gasteiger partial charge in [0.25, 0.3) is 5.91 Å². The van der Waals surface area contributed by atoms with Crippen LogP contribution in [0.4, 0.5) is 22.0 Å². The second-order valence-electron chi connectivity index (χ2n) is 8.17. The molecule has 0 saturated heterocycles. The van der Waals surface area contributed by atoms with Crippen LogP contribution in [-0.2, 0) is 4.79 Å². The first-order chi connectivity index (χ1) is 15.3. The molecule has 2 aromatic carbocycles. The number of rotatable bonds is 6. The maximum Gasteiger partial charge on any atom is 0.458 e. The van der Waals surface area contributed by atoms with E-state index in [-0.39, 0.29) is 28.0 Å². The molecule has 5 nitrogen and oxygen atoms in total. The normalized spacial score (nSPS) is 19.1. The van der Waals surface area contributed by atoms with Gasteiger partial charge in [-0.25, -0.2) is 0 Å². The smallest absolute Gasteiger partial charge is 0.458 e. The number of amides is 1. The summed E-state index contributed by atoms with van der Waals surface area (Å²) >= 11 is 0. The van der Waals surface area contributed by atoms with Crippen molar-refractivity contribution in [1.29, 1.82) is 0 Å². The Labute approximate surface area is 187 Å². The molecule has 1 amide bonds. The number of aliphatic hydroxyl groups is 1. The fourth-order valence-corrected chi connectivity index (χ4v) is 3.51. The van der Waals surface area contributed by atoms with Gasteiger partial charge in [-0.2, -0.15) is 32.1 Å². The third-order valence-corrected chi connectivity index (χ3v) is 5.33. The zero-order valence-corrected chi connectivity index (χ0v) is 18.2. The molecular weight excluding hydrogens is 447 g/mol. The van der Waals surface area contributed by atoms with Crippen LogP contribution in [0.2, 0.25) is 0 Å². The number of hydrazone groups is 1. The van der Waals surface area contributed by atoms with E-state index in [1.54, 1.807) is 25.1 Å². The Morgan fingerprint density at radius 2 is 1.79 bits per heavy atom. The van der Waals surface area contributed by atoms with E-state index in [1.165, 1.54) is 24.3 Å². The lowest BCUT2D eigenvalue weighted by molar-refractivity contribution is -0.363. The minimum Gasteiger partial charge on any atom is -0.483 e. The highest BCUT2D eigenvalue weighted by molar-refractivity contribution is 6.03. The van der Waals surface area contributed by atoms with Crippen molar-refractivity contribution in [3.63, 3.8) is 0 Å². The Bertz CT molecular complexity index is 1050. The molecular formula is C23H23F5N2O3. The number of hydrogen-bond acceptors (Lipinski definition) is 4. The van der Waals surface area contributed by atoms with E-state index >= 15 is 0 Å². The lowest BCUT2D eigenvalue weighted by Gasteiger charge is -2.37. The quantitative estimate of drug-likeness (QED) is 0.603. The van der Waals surface area contributed by atoms with Gasteiger partial charge in [-0.1, -0.05) is 56.3 Å². The molecule has 0 unspecified atom stereocenters. The van der Waals surface area contributed by atoms with Crippen molar-refractivity contribution in [1.82, 2.24) is 5.01 Å².